The number of hydrogen-bond acceptors (Lipinski definition) is 3. The van der Waals surface area contributed by atoms with E-state index in [0.29, 0.717) is 6.04 Å². The van der Waals surface area contributed by atoms with E-state index in [1.54, 1.807) is 0 Å². The van der Waals surface area contributed by atoms with Gasteiger partial charge >= 0.3 is 0 Å². The number of pyridine rings is 1. The molecule has 0 unspecified atom stereocenters. The highest BCUT2D eigenvalue weighted by Gasteiger charge is 2.39. The highest BCUT2D eigenvalue weighted by atomic mass is 127. The molecule has 4 heteroatoms. The van der Waals surface area contributed by atoms with Gasteiger partial charge in [0.1, 0.15) is 0 Å². The third-order valence-corrected chi connectivity index (χ3v) is 8.43. The molecule has 1 saturated carbocycles. The summed E-state index contributed by atoms with van der Waals surface area (Å²) >= 11 is 2.51. The first-order valence-corrected chi connectivity index (χ1v) is 13.3. The first-order valence-electron chi connectivity index (χ1n) is 12.3. The average molecular weight is 556 g/mol. The highest BCUT2D eigenvalue weighted by molar-refractivity contribution is 14.1. The standard InChI is InChI=1S/C29H38IN3/c1-20-17-29(6,18-21(2)33(20)23-11-8-7-9-12-23)24-13-10-14-25(27(24)30)32-22-15-16-26(31-19-22)28(3,4)5/h10,13-16,19,23,32H,1-2,7-9,11-12,17-18H2,3-6H3. The van der Waals surface area contributed by atoms with Crippen LogP contribution in [0.2, 0.25) is 0 Å². The van der Waals surface area contributed by atoms with E-state index in [9.17, 15) is 0 Å². The lowest BCUT2D eigenvalue weighted by molar-refractivity contribution is 0.188. The molecule has 1 aromatic carbocycles. The van der Waals surface area contributed by atoms with Crippen molar-refractivity contribution in [2.75, 3.05) is 5.32 Å². The van der Waals surface area contributed by atoms with E-state index in [1.165, 1.54) is 52.6 Å². The molecule has 2 heterocycles. The Hall–Kier alpha value is -1.82. The topological polar surface area (TPSA) is 28.2 Å². The zero-order chi connectivity index (χ0) is 23.8. The van der Waals surface area contributed by atoms with Gasteiger partial charge in [0.25, 0.3) is 0 Å². The van der Waals surface area contributed by atoms with Gasteiger partial charge < -0.3 is 10.2 Å². The Morgan fingerprint density at radius 2 is 1.70 bits per heavy atom. The second kappa shape index (κ2) is 9.44. The van der Waals surface area contributed by atoms with Crippen LogP contribution in [0.4, 0.5) is 11.4 Å². The van der Waals surface area contributed by atoms with Gasteiger partial charge in [0.05, 0.1) is 17.6 Å². The van der Waals surface area contributed by atoms with Crippen LogP contribution in [-0.4, -0.2) is 15.9 Å². The van der Waals surface area contributed by atoms with Crippen LogP contribution in [0.3, 0.4) is 0 Å². The highest BCUT2D eigenvalue weighted by Crippen LogP contribution is 2.47. The third-order valence-electron chi connectivity index (χ3n) is 7.27. The minimum atomic E-state index is 0.00187. The number of benzene rings is 1. The van der Waals surface area contributed by atoms with Gasteiger partial charge in [-0.25, -0.2) is 0 Å². The van der Waals surface area contributed by atoms with Crippen LogP contribution in [0.25, 0.3) is 0 Å². The van der Waals surface area contributed by atoms with E-state index in [2.05, 4.69) is 109 Å². The summed E-state index contributed by atoms with van der Waals surface area (Å²) in [6.45, 7) is 18.0. The van der Waals surface area contributed by atoms with E-state index in [1.807, 2.05) is 6.20 Å². The van der Waals surface area contributed by atoms with E-state index < -0.39 is 0 Å². The maximum atomic E-state index is 4.68. The van der Waals surface area contributed by atoms with Crippen LogP contribution in [0.1, 0.15) is 83.9 Å². The van der Waals surface area contributed by atoms with Crippen LogP contribution in [0.5, 0.6) is 0 Å². The Morgan fingerprint density at radius 1 is 1.03 bits per heavy atom. The van der Waals surface area contributed by atoms with Crippen LogP contribution >= 0.6 is 22.6 Å². The predicted molar refractivity (Wildman–Crippen MR) is 149 cm³/mol. The number of nitrogens with one attached hydrogen (secondary N) is 1. The van der Waals surface area contributed by atoms with Crippen molar-refractivity contribution in [2.24, 2.45) is 0 Å². The number of anilines is 2. The van der Waals surface area contributed by atoms with Crippen molar-refractivity contribution in [1.29, 1.82) is 0 Å². The summed E-state index contributed by atoms with van der Waals surface area (Å²) in [4.78, 5) is 7.17. The lowest BCUT2D eigenvalue weighted by Gasteiger charge is -2.48. The minimum absolute atomic E-state index is 0.00187. The molecular formula is C29H38IN3. The Morgan fingerprint density at radius 3 is 2.27 bits per heavy atom. The normalized spacial score (nSPS) is 19.6. The maximum Gasteiger partial charge on any atom is 0.0571 e. The van der Waals surface area contributed by atoms with Crippen molar-refractivity contribution >= 4 is 34.0 Å². The number of piperidine rings is 1. The van der Waals surface area contributed by atoms with E-state index in [0.717, 1.165) is 29.9 Å². The number of aromatic nitrogens is 1. The average Bonchev–Trinajstić information content (AvgIpc) is 2.75. The summed E-state index contributed by atoms with van der Waals surface area (Å²) in [5, 5.41) is 3.61. The summed E-state index contributed by atoms with van der Waals surface area (Å²) in [5.74, 6) is 0. The molecule has 0 radical (unpaired) electrons. The summed E-state index contributed by atoms with van der Waals surface area (Å²) in [5.41, 5.74) is 7.15. The van der Waals surface area contributed by atoms with Gasteiger partial charge in [0, 0.05) is 37.5 Å². The fourth-order valence-corrected chi connectivity index (χ4v) is 6.71. The molecule has 33 heavy (non-hydrogen) atoms. The van der Waals surface area contributed by atoms with Gasteiger partial charge in [-0.15, -0.1) is 0 Å². The molecule has 1 saturated heterocycles. The number of allylic oxidation sites excluding steroid dienone is 2. The van der Waals surface area contributed by atoms with E-state index >= 15 is 0 Å². The zero-order valence-corrected chi connectivity index (χ0v) is 22.8. The zero-order valence-electron chi connectivity index (χ0n) is 20.7. The number of hydrogen-bond donors (Lipinski definition) is 1. The Balaban J connectivity index is 1.55. The SMILES string of the molecule is C=C1CC(C)(c2cccc(Nc3ccc(C(C)(C)C)nc3)c2I)CC(=C)N1C1CCCCC1. The maximum absolute atomic E-state index is 4.68. The second-order valence-electron chi connectivity index (χ2n) is 11.2. The van der Waals surface area contributed by atoms with Crippen LogP contribution in [0.15, 0.2) is 61.1 Å². The molecule has 2 fully saturated rings. The van der Waals surface area contributed by atoms with Crippen molar-refractivity contribution in [3.05, 3.63) is 75.9 Å². The van der Waals surface area contributed by atoms with Crippen LogP contribution in [-0.2, 0) is 10.8 Å². The van der Waals surface area contributed by atoms with Gasteiger partial charge in [-0.1, -0.05) is 72.2 Å². The quantitative estimate of drug-likeness (QED) is 0.384. The summed E-state index contributed by atoms with van der Waals surface area (Å²) in [7, 11) is 0. The molecule has 4 rings (SSSR count). The Bertz CT molecular complexity index is 1010. The van der Waals surface area contributed by atoms with E-state index in [-0.39, 0.29) is 10.8 Å². The van der Waals surface area contributed by atoms with Gasteiger partial charge in [0.2, 0.25) is 0 Å². The molecule has 0 atom stereocenters. The van der Waals surface area contributed by atoms with Crippen molar-refractivity contribution in [2.45, 2.75) is 89.5 Å². The van der Waals surface area contributed by atoms with Gasteiger partial charge in [-0.2, -0.15) is 0 Å². The number of rotatable bonds is 4. The van der Waals surface area contributed by atoms with E-state index in [4.69, 9.17) is 0 Å². The third kappa shape index (κ3) is 5.16. The molecule has 1 N–H and O–H groups in total. The number of nitrogens with zero attached hydrogens (tertiary/aromatic N) is 2. The molecule has 0 amide bonds. The summed E-state index contributed by atoms with van der Waals surface area (Å²) in [6.07, 6.45) is 10.5. The Labute approximate surface area is 213 Å². The molecule has 0 spiro atoms. The smallest absolute Gasteiger partial charge is 0.0571 e. The van der Waals surface area contributed by atoms with Crippen molar-refractivity contribution < 1.29 is 0 Å². The summed E-state index contributed by atoms with van der Waals surface area (Å²) < 4.78 is 1.27. The van der Waals surface area contributed by atoms with Gasteiger partial charge in [0.15, 0.2) is 0 Å². The van der Waals surface area contributed by atoms with Crippen molar-refractivity contribution in [3.8, 4) is 0 Å². The Kier molecular flexibility index (Phi) is 6.95. The fourth-order valence-electron chi connectivity index (χ4n) is 5.56. The minimum Gasteiger partial charge on any atom is -0.353 e. The predicted octanol–water partition coefficient (Wildman–Crippen LogP) is 8.44. The molecular weight excluding hydrogens is 517 g/mol. The van der Waals surface area contributed by atoms with Crippen molar-refractivity contribution in [3.63, 3.8) is 0 Å². The molecule has 176 valence electrons. The van der Waals surface area contributed by atoms with Crippen LogP contribution in [0, 0.1) is 3.57 Å². The number of likely N-dealkylation sites (tertiary alicyclic amines) is 1. The molecule has 0 bridgehead atoms. The molecule has 1 aliphatic heterocycles. The second-order valence-corrected chi connectivity index (χ2v) is 12.3. The lowest BCUT2D eigenvalue weighted by Crippen LogP contribution is -2.43. The lowest BCUT2D eigenvalue weighted by atomic mass is 9.71. The fraction of sp³-hybridized carbons (Fsp3) is 0.483. The van der Waals surface area contributed by atoms with Gasteiger partial charge in [-0.3, -0.25) is 4.98 Å². The molecule has 1 aromatic heterocycles. The first-order chi connectivity index (χ1) is 15.6. The van der Waals surface area contributed by atoms with Crippen molar-refractivity contribution in [1.82, 2.24) is 9.88 Å². The first kappa shape index (κ1) is 24.3. The van der Waals surface area contributed by atoms with Gasteiger partial charge in [-0.05, 0) is 72.0 Å². The molecule has 3 nitrogen and oxygen atoms in total. The monoisotopic (exact) mass is 555 g/mol. The molecule has 2 aromatic rings. The molecule has 2 aliphatic rings. The summed E-state index contributed by atoms with van der Waals surface area (Å²) in [6, 6.07) is 11.5. The molecule has 1 aliphatic carbocycles. The largest absolute Gasteiger partial charge is 0.353 e. The van der Waals surface area contributed by atoms with Crippen LogP contribution < -0.4 is 5.32 Å². The number of halogens is 1.